The Morgan fingerprint density at radius 1 is 0.725 bits per heavy atom. The summed E-state index contributed by atoms with van der Waals surface area (Å²) in [5.41, 5.74) is 7.99. The second kappa shape index (κ2) is 8.44. The third kappa shape index (κ3) is 3.09. The van der Waals surface area contributed by atoms with Crippen LogP contribution in [0.2, 0.25) is 0 Å². The maximum Gasteiger partial charge on any atom is 0.149 e. The Bertz CT molecular complexity index is 2400. The summed E-state index contributed by atoms with van der Waals surface area (Å²) in [6.07, 6.45) is 8.84. The van der Waals surface area contributed by atoms with Crippen LogP contribution < -0.4 is 0 Å². The van der Waals surface area contributed by atoms with E-state index >= 15 is 0 Å². The van der Waals surface area contributed by atoms with Crippen LogP contribution in [0.3, 0.4) is 0 Å². The first-order valence-electron chi connectivity index (χ1n) is 13.6. The number of halogens is 1. The number of para-hydroxylation sites is 2. The number of hydrogen-bond acceptors (Lipinski definition) is 2. The van der Waals surface area contributed by atoms with Gasteiger partial charge in [0.05, 0.1) is 15.5 Å². The summed E-state index contributed by atoms with van der Waals surface area (Å²) in [6, 6.07) is 33.1. The maximum atomic E-state index is 6.51. The summed E-state index contributed by atoms with van der Waals surface area (Å²) < 4.78 is 12.7. The van der Waals surface area contributed by atoms with Crippen LogP contribution in [-0.2, 0) is 0 Å². The Balaban J connectivity index is 1.40. The number of rotatable bonds is 2. The van der Waals surface area contributed by atoms with E-state index in [2.05, 4.69) is 124 Å². The van der Waals surface area contributed by atoms with E-state index in [1.54, 1.807) is 0 Å². The summed E-state index contributed by atoms with van der Waals surface area (Å²) in [4.78, 5) is 0. The van der Waals surface area contributed by atoms with Crippen LogP contribution in [0.15, 0.2) is 118 Å². The van der Waals surface area contributed by atoms with Gasteiger partial charge in [-0.3, -0.25) is 0 Å². The van der Waals surface area contributed by atoms with Gasteiger partial charge < -0.3 is 8.98 Å². The Kier molecular flexibility index (Phi) is 4.78. The van der Waals surface area contributed by atoms with Crippen LogP contribution in [0.4, 0.5) is 0 Å². The van der Waals surface area contributed by atoms with E-state index in [1.807, 2.05) is 17.4 Å². The molecule has 1 aliphatic carbocycles. The fourth-order valence-electron chi connectivity index (χ4n) is 6.55. The van der Waals surface area contributed by atoms with Gasteiger partial charge in [0, 0.05) is 53.0 Å². The SMILES string of the molecule is Brc1cccc2c1oc1c(-c3ccc4c(c3)c3c5sc6ccccc6c5ccc3n4C3=CC=CCC3)cccc12. The Labute approximate surface area is 242 Å². The molecule has 3 aromatic heterocycles. The zero-order valence-corrected chi connectivity index (χ0v) is 23.9. The van der Waals surface area contributed by atoms with Crippen LogP contribution in [-0.4, -0.2) is 4.57 Å². The van der Waals surface area contributed by atoms with E-state index in [-0.39, 0.29) is 0 Å². The monoisotopic (exact) mass is 595 g/mol. The first-order valence-corrected chi connectivity index (χ1v) is 15.2. The van der Waals surface area contributed by atoms with Crippen LogP contribution in [0.5, 0.6) is 0 Å². The van der Waals surface area contributed by atoms with Crippen molar-refractivity contribution in [3.8, 4) is 11.1 Å². The molecule has 0 fully saturated rings. The molecule has 0 saturated carbocycles. The zero-order chi connectivity index (χ0) is 26.4. The van der Waals surface area contributed by atoms with E-state index < -0.39 is 0 Å². The lowest BCUT2D eigenvalue weighted by Crippen LogP contribution is -1.98. The third-order valence-corrected chi connectivity index (χ3v) is 10.2. The molecule has 0 N–H and O–H groups in total. The highest BCUT2D eigenvalue weighted by atomic mass is 79.9. The summed E-state index contributed by atoms with van der Waals surface area (Å²) >= 11 is 5.59. The summed E-state index contributed by atoms with van der Waals surface area (Å²) in [5, 5.41) is 7.56. The largest absolute Gasteiger partial charge is 0.454 e. The molecule has 0 radical (unpaired) electrons. The molecule has 8 aromatic rings. The molecule has 0 atom stereocenters. The molecule has 2 nitrogen and oxygen atoms in total. The predicted octanol–water partition coefficient (Wildman–Crippen LogP) is 11.7. The van der Waals surface area contributed by atoms with Gasteiger partial charge in [-0.15, -0.1) is 11.3 Å². The number of allylic oxidation sites excluding steroid dienone is 4. The van der Waals surface area contributed by atoms with Crippen molar-refractivity contribution in [1.29, 1.82) is 0 Å². The normalized spacial score (nSPS) is 14.0. The number of aromatic nitrogens is 1. The minimum Gasteiger partial charge on any atom is -0.454 e. The van der Waals surface area contributed by atoms with Crippen molar-refractivity contribution < 1.29 is 4.42 Å². The number of furan rings is 1. The van der Waals surface area contributed by atoms with Crippen LogP contribution in [0.25, 0.3) is 80.7 Å². The van der Waals surface area contributed by atoms with Crippen LogP contribution in [0, 0.1) is 0 Å². The zero-order valence-electron chi connectivity index (χ0n) is 21.4. The standard InChI is InChI=1S/C36H22BrNOS/c37-29-14-7-13-26-25-12-6-11-23(34(25)39-35(26)29)21-16-18-30-28(20-21)33-31(38(30)22-8-2-1-3-9-22)19-17-27-24-10-4-5-15-32(24)40-36(27)33/h1-2,4-8,10-20H,3,9H2. The third-order valence-electron chi connectivity index (χ3n) is 8.34. The number of thiophene rings is 1. The number of hydrogen-bond donors (Lipinski definition) is 0. The summed E-state index contributed by atoms with van der Waals surface area (Å²) in [5.74, 6) is 0. The molecule has 190 valence electrons. The topological polar surface area (TPSA) is 18.1 Å². The van der Waals surface area contributed by atoms with E-state index in [0.29, 0.717) is 0 Å². The van der Waals surface area contributed by atoms with Gasteiger partial charge >= 0.3 is 0 Å². The van der Waals surface area contributed by atoms with Crippen molar-refractivity contribution in [3.05, 3.63) is 114 Å². The van der Waals surface area contributed by atoms with Gasteiger partial charge in [-0.2, -0.15) is 0 Å². The highest BCUT2D eigenvalue weighted by molar-refractivity contribution is 9.10. The highest BCUT2D eigenvalue weighted by Gasteiger charge is 2.20. The molecule has 0 bridgehead atoms. The van der Waals surface area contributed by atoms with E-state index in [0.717, 1.165) is 44.8 Å². The van der Waals surface area contributed by atoms with Crippen LogP contribution >= 0.6 is 27.3 Å². The summed E-state index contributed by atoms with van der Waals surface area (Å²) in [6.45, 7) is 0. The van der Waals surface area contributed by atoms with Crippen molar-refractivity contribution in [3.63, 3.8) is 0 Å². The molecule has 9 rings (SSSR count). The Morgan fingerprint density at radius 2 is 1.55 bits per heavy atom. The average molecular weight is 597 g/mol. The molecule has 0 spiro atoms. The van der Waals surface area contributed by atoms with E-state index in [9.17, 15) is 0 Å². The molecular formula is C36H22BrNOS. The van der Waals surface area contributed by atoms with Gasteiger partial charge in [0.25, 0.3) is 0 Å². The maximum absolute atomic E-state index is 6.51. The van der Waals surface area contributed by atoms with Crippen molar-refractivity contribution >= 4 is 96.9 Å². The fraction of sp³-hybridized carbons (Fsp3) is 0.0556. The first kappa shape index (κ1) is 22.7. The number of nitrogens with zero attached hydrogens (tertiary/aromatic N) is 1. The lowest BCUT2D eigenvalue weighted by Gasteiger charge is -2.14. The fourth-order valence-corrected chi connectivity index (χ4v) is 8.26. The first-order chi connectivity index (χ1) is 19.8. The lowest BCUT2D eigenvalue weighted by molar-refractivity contribution is 0.668. The lowest BCUT2D eigenvalue weighted by atomic mass is 10.00. The molecule has 4 heteroatoms. The minimum absolute atomic E-state index is 0.895. The molecule has 0 aliphatic heterocycles. The van der Waals surface area contributed by atoms with E-state index in [1.165, 1.54) is 53.2 Å². The quantitative estimate of drug-likeness (QED) is 0.194. The molecule has 0 amide bonds. The van der Waals surface area contributed by atoms with Crippen molar-refractivity contribution in [2.75, 3.05) is 0 Å². The van der Waals surface area contributed by atoms with Gasteiger partial charge in [0.2, 0.25) is 0 Å². The molecule has 1 aliphatic rings. The van der Waals surface area contributed by atoms with Crippen molar-refractivity contribution in [1.82, 2.24) is 4.57 Å². The minimum atomic E-state index is 0.895. The molecule has 0 unspecified atom stereocenters. The highest BCUT2D eigenvalue weighted by Crippen LogP contribution is 2.45. The molecule has 0 saturated heterocycles. The number of benzene rings is 5. The van der Waals surface area contributed by atoms with Crippen LogP contribution in [0.1, 0.15) is 12.8 Å². The molecular weight excluding hydrogens is 574 g/mol. The van der Waals surface area contributed by atoms with Crippen molar-refractivity contribution in [2.24, 2.45) is 0 Å². The van der Waals surface area contributed by atoms with Gasteiger partial charge in [0.1, 0.15) is 11.2 Å². The summed E-state index contributed by atoms with van der Waals surface area (Å²) in [7, 11) is 0. The second-order valence-corrected chi connectivity index (χ2v) is 12.4. The van der Waals surface area contributed by atoms with Gasteiger partial charge in [-0.1, -0.05) is 72.8 Å². The Morgan fingerprint density at radius 3 is 2.45 bits per heavy atom. The number of fused-ring (bicyclic) bond motifs is 10. The second-order valence-electron chi connectivity index (χ2n) is 10.5. The Hall–Kier alpha value is -4.12. The molecule has 3 heterocycles. The van der Waals surface area contributed by atoms with Gasteiger partial charge in [-0.25, -0.2) is 0 Å². The van der Waals surface area contributed by atoms with E-state index in [4.69, 9.17) is 4.42 Å². The van der Waals surface area contributed by atoms with Gasteiger partial charge in [-0.05, 0) is 70.7 Å². The van der Waals surface area contributed by atoms with Crippen molar-refractivity contribution in [2.45, 2.75) is 12.8 Å². The molecule has 5 aromatic carbocycles. The predicted molar refractivity (Wildman–Crippen MR) is 175 cm³/mol. The van der Waals surface area contributed by atoms with Gasteiger partial charge in [0.15, 0.2) is 0 Å². The average Bonchev–Trinajstić information content (AvgIpc) is 3.67. The smallest absolute Gasteiger partial charge is 0.149 e. The molecule has 40 heavy (non-hydrogen) atoms.